The molecule has 0 radical (unpaired) electrons. The van der Waals surface area contributed by atoms with Gasteiger partial charge in [0.25, 0.3) is 0 Å². The summed E-state index contributed by atoms with van der Waals surface area (Å²) in [4.78, 5) is 23.0. The predicted molar refractivity (Wildman–Crippen MR) is 54.1 cm³/mol. The predicted octanol–water partition coefficient (Wildman–Crippen LogP) is 1.53. The van der Waals surface area contributed by atoms with E-state index < -0.39 is 5.41 Å². The van der Waals surface area contributed by atoms with Crippen molar-refractivity contribution in [3.8, 4) is 0 Å². The first-order valence-corrected chi connectivity index (χ1v) is 5.03. The number of carbonyl (C=O) groups is 2. The van der Waals surface area contributed by atoms with Crippen LogP contribution in [0.4, 0.5) is 0 Å². The summed E-state index contributed by atoms with van der Waals surface area (Å²) in [6, 6.07) is 0. The zero-order valence-corrected chi connectivity index (χ0v) is 9.92. The summed E-state index contributed by atoms with van der Waals surface area (Å²) >= 11 is 0. The van der Waals surface area contributed by atoms with Crippen molar-refractivity contribution in [1.29, 1.82) is 0 Å². The van der Waals surface area contributed by atoms with E-state index in [4.69, 9.17) is 4.74 Å². The van der Waals surface area contributed by atoms with Crippen molar-refractivity contribution in [2.45, 2.75) is 40.2 Å². The molecule has 1 fully saturated rings. The zero-order valence-electron chi connectivity index (χ0n) is 9.92. The average molecular weight is 214 g/mol. The van der Waals surface area contributed by atoms with Gasteiger partial charge in [-0.15, -0.1) is 0 Å². The van der Waals surface area contributed by atoms with Crippen molar-refractivity contribution >= 4 is 11.9 Å². The number of methoxy groups -OCH3 is 1. The van der Waals surface area contributed by atoms with Crippen molar-refractivity contribution in [3.63, 3.8) is 0 Å². The molecule has 4 heteroatoms. The van der Waals surface area contributed by atoms with Crippen LogP contribution in [0.5, 0.6) is 0 Å². The summed E-state index contributed by atoms with van der Waals surface area (Å²) in [5.41, 5.74) is -1.15. The highest BCUT2D eigenvalue weighted by molar-refractivity contribution is 5.85. The second-order valence-electron chi connectivity index (χ2n) is 4.85. The van der Waals surface area contributed by atoms with Crippen LogP contribution in [0.1, 0.15) is 34.1 Å². The van der Waals surface area contributed by atoms with E-state index in [0.29, 0.717) is 0 Å². The van der Waals surface area contributed by atoms with E-state index in [2.05, 4.69) is 4.74 Å². The van der Waals surface area contributed by atoms with E-state index in [1.807, 2.05) is 20.8 Å². The summed E-state index contributed by atoms with van der Waals surface area (Å²) in [7, 11) is 1.32. The maximum Gasteiger partial charge on any atom is 0.313 e. The molecule has 2 atom stereocenters. The van der Waals surface area contributed by atoms with Gasteiger partial charge in [-0.2, -0.15) is 0 Å². The largest absolute Gasteiger partial charge is 0.469 e. The lowest BCUT2D eigenvalue weighted by molar-refractivity contribution is -0.155. The van der Waals surface area contributed by atoms with Gasteiger partial charge < -0.3 is 9.47 Å². The van der Waals surface area contributed by atoms with Crippen LogP contribution in [0.25, 0.3) is 0 Å². The van der Waals surface area contributed by atoms with E-state index in [0.717, 1.165) is 0 Å². The number of esters is 2. The maximum absolute atomic E-state index is 11.7. The molecule has 0 aromatic heterocycles. The van der Waals surface area contributed by atoms with Gasteiger partial charge in [-0.25, -0.2) is 0 Å². The highest BCUT2D eigenvalue weighted by Gasteiger charge is 2.59. The van der Waals surface area contributed by atoms with Gasteiger partial charge in [-0.1, -0.05) is 13.8 Å². The second kappa shape index (κ2) is 3.51. The minimum atomic E-state index is -0.792. The van der Waals surface area contributed by atoms with Gasteiger partial charge in [0, 0.05) is 5.41 Å². The topological polar surface area (TPSA) is 52.6 Å². The number of hydrogen-bond acceptors (Lipinski definition) is 4. The van der Waals surface area contributed by atoms with Crippen LogP contribution in [-0.2, 0) is 19.1 Å². The molecule has 0 aromatic carbocycles. The highest BCUT2D eigenvalue weighted by Crippen LogP contribution is 2.51. The van der Waals surface area contributed by atoms with Gasteiger partial charge in [-0.3, -0.25) is 9.59 Å². The third-order valence-electron chi connectivity index (χ3n) is 3.90. The average Bonchev–Trinajstić information content (AvgIpc) is 2.28. The summed E-state index contributed by atoms with van der Waals surface area (Å²) < 4.78 is 9.80. The smallest absolute Gasteiger partial charge is 0.313 e. The molecule has 0 spiro atoms. The third kappa shape index (κ3) is 1.62. The van der Waals surface area contributed by atoms with Crippen molar-refractivity contribution < 1.29 is 19.1 Å². The zero-order chi connectivity index (χ0) is 11.9. The first kappa shape index (κ1) is 12.0. The molecule has 0 unspecified atom stereocenters. The Bertz CT molecular complexity index is 295. The van der Waals surface area contributed by atoms with Crippen molar-refractivity contribution in [1.82, 2.24) is 0 Å². The van der Waals surface area contributed by atoms with Gasteiger partial charge in [0.15, 0.2) is 0 Å². The van der Waals surface area contributed by atoms with Crippen LogP contribution >= 0.6 is 0 Å². The standard InChI is InChI=1S/C11H18O4/c1-7-10(2,3)11(4,9(13)15-7)6-8(12)14-5/h7H,6H2,1-5H3/t7-,11+/m1/s1. The number of cyclic esters (lactones) is 1. The van der Waals surface area contributed by atoms with E-state index in [9.17, 15) is 9.59 Å². The minimum absolute atomic E-state index is 0.0691. The Kier molecular flexibility index (Phi) is 2.81. The molecule has 1 rings (SSSR count). The van der Waals surface area contributed by atoms with Crippen molar-refractivity contribution in [3.05, 3.63) is 0 Å². The molecule has 0 N–H and O–H groups in total. The molecule has 0 bridgehead atoms. The minimum Gasteiger partial charge on any atom is -0.469 e. The molecule has 15 heavy (non-hydrogen) atoms. The van der Waals surface area contributed by atoms with Crippen LogP contribution in [-0.4, -0.2) is 25.2 Å². The number of rotatable bonds is 2. The summed E-state index contributed by atoms with van der Waals surface area (Å²) in [6.07, 6.45) is -0.112. The Morgan fingerprint density at radius 1 is 1.47 bits per heavy atom. The first-order chi connectivity index (χ1) is 6.75. The lowest BCUT2D eigenvalue weighted by atomic mass is 9.64. The lowest BCUT2D eigenvalue weighted by Crippen LogP contribution is -2.40. The molecule has 0 saturated carbocycles. The van der Waals surface area contributed by atoms with Crippen LogP contribution < -0.4 is 0 Å². The monoisotopic (exact) mass is 214 g/mol. The third-order valence-corrected chi connectivity index (χ3v) is 3.90. The Hall–Kier alpha value is -1.06. The van der Waals surface area contributed by atoms with E-state index in [-0.39, 0.29) is 29.9 Å². The maximum atomic E-state index is 11.7. The fraction of sp³-hybridized carbons (Fsp3) is 0.818. The number of hydrogen-bond donors (Lipinski definition) is 0. The van der Waals surface area contributed by atoms with Crippen LogP contribution in [0.3, 0.4) is 0 Å². The molecule has 4 nitrogen and oxygen atoms in total. The second-order valence-corrected chi connectivity index (χ2v) is 4.85. The molecule has 0 aliphatic carbocycles. The fourth-order valence-electron chi connectivity index (χ4n) is 1.81. The first-order valence-electron chi connectivity index (χ1n) is 5.03. The highest BCUT2D eigenvalue weighted by atomic mass is 16.6. The van der Waals surface area contributed by atoms with Crippen LogP contribution in [0.15, 0.2) is 0 Å². The Balaban J connectivity index is 2.99. The molecule has 0 amide bonds. The quantitative estimate of drug-likeness (QED) is 0.654. The Morgan fingerprint density at radius 3 is 2.33 bits per heavy atom. The van der Waals surface area contributed by atoms with E-state index in [1.165, 1.54) is 7.11 Å². The van der Waals surface area contributed by atoms with Gasteiger partial charge in [0.2, 0.25) is 0 Å². The summed E-state index contributed by atoms with van der Waals surface area (Å²) in [6.45, 7) is 7.48. The number of carbonyl (C=O) groups excluding carboxylic acids is 2. The van der Waals surface area contributed by atoms with Crippen molar-refractivity contribution in [2.75, 3.05) is 7.11 Å². The van der Waals surface area contributed by atoms with Crippen molar-refractivity contribution in [2.24, 2.45) is 10.8 Å². The lowest BCUT2D eigenvalue weighted by Gasteiger charge is -2.34. The van der Waals surface area contributed by atoms with Gasteiger partial charge >= 0.3 is 11.9 Å². The van der Waals surface area contributed by atoms with Gasteiger partial charge in [0.1, 0.15) is 6.10 Å². The molecule has 0 aromatic rings. The Labute approximate surface area is 89.9 Å². The summed E-state index contributed by atoms with van der Waals surface area (Å²) in [5, 5.41) is 0. The van der Waals surface area contributed by atoms with E-state index in [1.54, 1.807) is 6.92 Å². The molecule has 1 heterocycles. The molecular weight excluding hydrogens is 196 g/mol. The van der Waals surface area contributed by atoms with Crippen LogP contribution in [0.2, 0.25) is 0 Å². The Morgan fingerprint density at radius 2 is 2.00 bits per heavy atom. The normalized spacial score (nSPS) is 33.7. The number of ether oxygens (including phenoxy) is 2. The molecule has 86 valence electrons. The SMILES string of the molecule is COC(=O)C[C@@]1(C)C(=O)O[C@H](C)C1(C)C. The molecule has 1 aliphatic rings. The van der Waals surface area contributed by atoms with Gasteiger partial charge in [0.05, 0.1) is 18.9 Å². The van der Waals surface area contributed by atoms with Gasteiger partial charge in [-0.05, 0) is 13.8 Å². The molecule has 1 saturated heterocycles. The fourth-order valence-corrected chi connectivity index (χ4v) is 1.81. The molecule has 1 aliphatic heterocycles. The van der Waals surface area contributed by atoms with Crippen LogP contribution in [0, 0.1) is 10.8 Å². The van der Waals surface area contributed by atoms with E-state index >= 15 is 0 Å². The summed E-state index contributed by atoms with van der Waals surface area (Å²) in [5.74, 6) is -0.693. The molecular formula is C11H18O4.